The lowest BCUT2D eigenvalue weighted by Gasteiger charge is -2.24. The van der Waals surface area contributed by atoms with E-state index in [4.69, 9.17) is 5.11 Å². The summed E-state index contributed by atoms with van der Waals surface area (Å²) in [5, 5.41) is 15.1. The minimum atomic E-state index is -0.819. The molecule has 0 atom stereocenters. The summed E-state index contributed by atoms with van der Waals surface area (Å²) in [7, 11) is 0. The standard InChI is InChI=1S/C14H17NO2S/c1-14(2,9-15-7-13(16)17)11-8-18-12-6-4-3-5-10(11)12/h3-6,8,15H,7,9H2,1-2H3,(H,16,17). The second-order valence-electron chi connectivity index (χ2n) is 5.03. The van der Waals surface area contributed by atoms with Crippen LogP contribution in [0.3, 0.4) is 0 Å². The first kappa shape index (κ1) is 13.1. The van der Waals surface area contributed by atoms with E-state index in [1.807, 2.05) is 12.1 Å². The summed E-state index contributed by atoms with van der Waals surface area (Å²) in [5.74, 6) is -0.819. The summed E-state index contributed by atoms with van der Waals surface area (Å²) in [6.45, 7) is 4.93. The maximum atomic E-state index is 10.5. The predicted molar refractivity (Wildman–Crippen MR) is 75.4 cm³/mol. The van der Waals surface area contributed by atoms with Gasteiger partial charge in [-0.1, -0.05) is 32.0 Å². The number of fused-ring (bicyclic) bond motifs is 1. The van der Waals surface area contributed by atoms with Crippen LogP contribution in [0.2, 0.25) is 0 Å². The van der Waals surface area contributed by atoms with Crippen LogP contribution in [0, 0.1) is 0 Å². The number of hydrogen-bond donors (Lipinski definition) is 2. The number of carbonyl (C=O) groups is 1. The van der Waals surface area contributed by atoms with Gasteiger partial charge >= 0.3 is 5.97 Å². The van der Waals surface area contributed by atoms with Gasteiger partial charge in [0, 0.05) is 16.7 Å². The highest BCUT2D eigenvalue weighted by molar-refractivity contribution is 7.17. The number of rotatable bonds is 5. The Hall–Kier alpha value is -1.39. The summed E-state index contributed by atoms with van der Waals surface area (Å²) in [6, 6.07) is 8.32. The van der Waals surface area contributed by atoms with Crippen molar-refractivity contribution in [2.24, 2.45) is 0 Å². The van der Waals surface area contributed by atoms with Crippen LogP contribution >= 0.6 is 11.3 Å². The van der Waals surface area contributed by atoms with Crippen molar-refractivity contribution in [3.63, 3.8) is 0 Å². The molecule has 2 N–H and O–H groups in total. The first-order valence-corrected chi connectivity index (χ1v) is 6.78. The molecular formula is C14H17NO2S. The number of nitrogens with one attached hydrogen (secondary N) is 1. The Kier molecular flexibility index (Phi) is 3.68. The molecule has 18 heavy (non-hydrogen) atoms. The Balaban J connectivity index is 2.20. The Labute approximate surface area is 110 Å². The van der Waals surface area contributed by atoms with Gasteiger partial charge in [-0.2, -0.15) is 0 Å². The Morgan fingerprint density at radius 2 is 2.11 bits per heavy atom. The molecule has 0 unspecified atom stereocenters. The van der Waals surface area contributed by atoms with Gasteiger partial charge in [-0.3, -0.25) is 4.79 Å². The van der Waals surface area contributed by atoms with Crippen molar-refractivity contribution in [1.82, 2.24) is 5.32 Å². The van der Waals surface area contributed by atoms with Crippen molar-refractivity contribution in [3.05, 3.63) is 35.2 Å². The van der Waals surface area contributed by atoms with Gasteiger partial charge < -0.3 is 10.4 Å². The van der Waals surface area contributed by atoms with E-state index < -0.39 is 5.97 Å². The van der Waals surface area contributed by atoms with Crippen LogP contribution in [-0.4, -0.2) is 24.2 Å². The monoisotopic (exact) mass is 263 g/mol. The van der Waals surface area contributed by atoms with E-state index >= 15 is 0 Å². The molecule has 0 saturated heterocycles. The van der Waals surface area contributed by atoms with E-state index in [-0.39, 0.29) is 12.0 Å². The second-order valence-corrected chi connectivity index (χ2v) is 5.94. The number of carboxylic acids is 1. The molecule has 0 aliphatic rings. The first-order chi connectivity index (χ1) is 8.50. The summed E-state index contributed by atoms with van der Waals surface area (Å²) in [4.78, 5) is 10.5. The van der Waals surface area contributed by atoms with Crippen molar-refractivity contribution < 1.29 is 9.90 Å². The van der Waals surface area contributed by atoms with Crippen LogP contribution in [0.1, 0.15) is 19.4 Å². The molecule has 0 aliphatic heterocycles. The fourth-order valence-electron chi connectivity index (χ4n) is 2.08. The van der Waals surface area contributed by atoms with Crippen LogP contribution in [0.25, 0.3) is 10.1 Å². The molecule has 0 fully saturated rings. The van der Waals surface area contributed by atoms with Crippen LogP contribution in [-0.2, 0) is 10.2 Å². The molecule has 1 aromatic carbocycles. The third kappa shape index (κ3) is 2.71. The molecule has 2 rings (SSSR count). The van der Waals surface area contributed by atoms with E-state index in [1.165, 1.54) is 15.6 Å². The fourth-order valence-corrected chi connectivity index (χ4v) is 3.23. The number of thiophene rings is 1. The van der Waals surface area contributed by atoms with E-state index in [1.54, 1.807) is 11.3 Å². The topological polar surface area (TPSA) is 49.3 Å². The third-order valence-corrected chi connectivity index (χ3v) is 4.02. The summed E-state index contributed by atoms with van der Waals surface area (Å²) >= 11 is 1.74. The number of carboxylic acid groups (broad SMARTS) is 1. The average molecular weight is 263 g/mol. The molecule has 4 heteroatoms. The van der Waals surface area contributed by atoms with Crippen molar-refractivity contribution in [2.75, 3.05) is 13.1 Å². The minimum Gasteiger partial charge on any atom is -0.480 e. The minimum absolute atomic E-state index is 0.00546. The van der Waals surface area contributed by atoms with Gasteiger partial charge in [0.2, 0.25) is 0 Å². The molecule has 3 nitrogen and oxygen atoms in total. The fraction of sp³-hybridized carbons (Fsp3) is 0.357. The molecule has 0 bridgehead atoms. The molecule has 0 aliphatic carbocycles. The average Bonchev–Trinajstić information content (AvgIpc) is 2.72. The molecule has 1 aromatic heterocycles. The molecule has 0 spiro atoms. The van der Waals surface area contributed by atoms with Crippen molar-refractivity contribution >= 4 is 27.4 Å². The highest BCUT2D eigenvalue weighted by Crippen LogP contribution is 2.34. The normalized spacial score (nSPS) is 11.9. The van der Waals surface area contributed by atoms with Gasteiger partial charge in [0.05, 0.1) is 6.54 Å². The predicted octanol–water partition coefficient (Wildman–Crippen LogP) is 2.85. The van der Waals surface area contributed by atoms with Crippen LogP contribution < -0.4 is 5.32 Å². The Morgan fingerprint density at radius 1 is 1.39 bits per heavy atom. The number of hydrogen-bond acceptors (Lipinski definition) is 3. The van der Waals surface area contributed by atoms with E-state index in [2.05, 4.69) is 36.7 Å². The Morgan fingerprint density at radius 3 is 2.83 bits per heavy atom. The van der Waals surface area contributed by atoms with Crippen molar-refractivity contribution in [3.8, 4) is 0 Å². The van der Waals surface area contributed by atoms with Gasteiger partial charge in [0.15, 0.2) is 0 Å². The second kappa shape index (κ2) is 5.08. The molecular weight excluding hydrogens is 246 g/mol. The molecule has 0 saturated carbocycles. The lowest BCUT2D eigenvalue weighted by Crippen LogP contribution is -2.35. The zero-order valence-electron chi connectivity index (χ0n) is 10.6. The quantitative estimate of drug-likeness (QED) is 0.872. The van der Waals surface area contributed by atoms with Gasteiger partial charge in [-0.25, -0.2) is 0 Å². The van der Waals surface area contributed by atoms with E-state index in [9.17, 15) is 4.79 Å². The van der Waals surface area contributed by atoms with Gasteiger partial charge in [-0.05, 0) is 22.4 Å². The SMILES string of the molecule is CC(C)(CNCC(=O)O)c1csc2ccccc12. The number of aliphatic carboxylic acids is 1. The lowest BCUT2D eigenvalue weighted by molar-refractivity contribution is -0.136. The largest absolute Gasteiger partial charge is 0.480 e. The van der Waals surface area contributed by atoms with Crippen molar-refractivity contribution in [2.45, 2.75) is 19.3 Å². The summed E-state index contributed by atoms with van der Waals surface area (Å²) < 4.78 is 1.28. The zero-order valence-corrected chi connectivity index (χ0v) is 11.4. The summed E-state index contributed by atoms with van der Waals surface area (Å²) in [6.07, 6.45) is 0. The highest BCUT2D eigenvalue weighted by Gasteiger charge is 2.23. The van der Waals surface area contributed by atoms with Crippen LogP contribution in [0.4, 0.5) is 0 Å². The molecule has 1 heterocycles. The molecule has 0 amide bonds. The van der Waals surface area contributed by atoms with Crippen LogP contribution in [0.5, 0.6) is 0 Å². The van der Waals surface area contributed by atoms with E-state index in [0.29, 0.717) is 6.54 Å². The summed E-state index contributed by atoms with van der Waals surface area (Å²) in [5.41, 5.74) is 1.20. The third-order valence-electron chi connectivity index (χ3n) is 3.05. The Bertz CT molecular complexity index is 560. The molecule has 2 aromatic rings. The van der Waals surface area contributed by atoms with Gasteiger partial charge in [0.1, 0.15) is 0 Å². The zero-order chi connectivity index (χ0) is 13.2. The lowest BCUT2D eigenvalue weighted by atomic mass is 9.84. The van der Waals surface area contributed by atoms with Gasteiger partial charge in [0.25, 0.3) is 0 Å². The molecule has 0 radical (unpaired) electrons. The maximum Gasteiger partial charge on any atom is 0.317 e. The first-order valence-electron chi connectivity index (χ1n) is 5.90. The van der Waals surface area contributed by atoms with Crippen molar-refractivity contribution in [1.29, 1.82) is 0 Å². The maximum absolute atomic E-state index is 10.5. The highest BCUT2D eigenvalue weighted by atomic mass is 32.1. The van der Waals surface area contributed by atoms with Gasteiger partial charge in [-0.15, -0.1) is 11.3 Å². The van der Waals surface area contributed by atoms with E-state index in [0.717, 1.165) is 0 Å². The number of benzene rings is 1. The molecule has 96 valence electrons. The van der Waals surface area contributed by atoms with Crippen LogP contribution in [0.15, 0.2) is 29.6 Å². The smallest absolute Gasteiger partial charge is 0.317 e.